The van der Waals surface area contributed by atoms with Crippen LogP contribution in [0.4, 0.5) is 11.4 Å². The molecule has 190 valence electrons. The van der Waals surface area contributed by atoms with Gasteiger partial charge >= 0.3 is 0 Å². The number of para-hydroxylation sites is 2. The number of benzene rings is 2. The van der Waals surface area contributed by atoms with Crippen molar-refractivity contribution in [1.29, 1.82) is 0 Å². The molecule has 1 unspecified atom stereocenters. The summed E-state index contributed by atoms with van der Waals surface area (Å²) in [5.41, 5.74) is 3.89. The number of carbonyl (C=O) groups is 1. The maximum absolute atomic E-state index is 14.1. The van der Waals surface area contributed by atoms with E-state index in [-0.39, 0.29) is 5.91 Å². The molecule has 9 heteroatoms. The minimum absolute atomic E-state index is 0.0290. The van der Waals surface area contributed by atoms with Gasteiger partial charge in [0, 0.05) is 24.1 Å². The average Bonchev–Trinajstić information content (AvgIpc) is 3.60. The number of methoxy groups -OCH3 is 1. The largest absolute Gasteiger partial charge is 0.479 e. The van der Waals surface area contributed by atoms with E-state index in [1.165, 1.54) is 0 Å². The quantitative estimate of drug-likeness (QED) is 0.319. The van der Waals surface area contributed by atoms with E-state index in [2.05, 4.69) is 9.97 Å². The monoisotopic (exact) mass is 505 g/mol. The van der Waals surface area contributed by atoms with Crippen LogP contribution in [-0.4, -0.2) is 42.3 Å². The van der Waals surface area contributed by atoms with E-state index >= 15 is 0 Å². The minimum Gasteiger partial charge on any atom is -0.479 e. The maximum atomic E-state index is 14.1. The van der Waals surface area contributed by atoms with Gasteiger partial charge in [-0.1, -0.05) is 36.4 Å². The zero-order valence-corrected chi connectivity index (χ0v) is 21.2. The topological polar surface area (TPSA) is 91.0 Å². The van der Waals surface area contributed by atoms with Gasteiger partial charge in [0.15, 0.2) is 5.82 Å². The van der Waals surface area contributed by atoms with Crippen LogP contribution < -0.4 is 9.64 Å². The third-order valence-corrected chi connectivity index (χ3v) is 6.67. The number of aromatic nitrogens is 6. The first-order chi connectivity index (χ1) is 18.6. The number of anilines is 2. The Morgan fingerprint density at radius 2 is 1.68 bits per heavy atom. The number of hydrogen-bond donors (Lipinski definition) is 0. The van der Waals surface area contributed by atoms with Crippen molar-refractivity contribution in [1.82, 2.24) is 29.3 Å². The lowest BCUT2D eigenvalue weighted by atomic mass is 9.96. The van der Waals surface area contributed by atoms with Crippen LogP contribution in [0.2, 0.25) is 0 Å². The number of imidazole rings is 1. The van der Waals surface area contributed by atoms with Crippen molar-refractivity contribution in [2.24, 2.45) is 0 Å². The van der Waals surface area contributed by atoms with Gasteiger partial charge in [-0.05, 0) is 56.2 Å². The van der Waals surface area contributed by atoms with Crippen LogP contribution in [-0.2, 0) is 11.3 Å². The molecule has 6 rings (SSSR count). The standard InChI is InChI=1S/C29H27N7O2/c1-20-18-34(19-30-20)25-16-15-24(31-28(25)38-2)26-32-27-23(14-9-17-35(27)33-26)29(37)36(21-10-5-3-6-11-21)22-12-7-4-8-13-22/h3-8,10-13,15-16,18-19,23H,9,14,17H2,1-2H3. The van der Waals surface area contributed by atoms with E-state index in [0.717, 1.165) is 29.2 Å². The molecule has 3 aromatic heterocycles. The lowest BCUT2D eigenvalue weighted by Crippen LogP contribution is -2.34. The summed E-state index contributed by atoms with van der Waals surface area (Å²) in [4.78, 5) is 29.7. The predicted octanol–water partition coefficient (Wildman–Crippen LogP) is 5.09. The third kappa shape index (κ3) is 4.32. The van der Waals surface area contributed by atoms with Crippen molar-refractivity contribution in [2.45, 2.75) is 32.2 Å². The van der Waals surface area contributed by atoms with E-state index in [1.54, 1.807) is 18.3 Å². The van der Waals surface area contributed by atoms with E-state index in [1.807, 2.05) is 95.2 Å². The van der Waals surface area contributed by atoms with E-state index in [4.69, 9.17) is 14.8 Å². The molecule has 1 amide bonds. The van der Waals surface area contributed by atoms with Crippen LogP contribution in [0.3, 0.4) is 0 Å². The number of fused-ring (bicyclic) bond motifs is 1. The molecule has 2 aromatic carbocycles. The second-order valence-electron chi connectivity index (χ2n) is 9.20. The molecule has 0 bridgehead atoms. The number of rotatable bonds is 6. The maximum Gasteiger partial charge on any atom is 0.242 e. The lowest BCUT2D eigenvalue weighted by Gasteiger charge is -2.29. The number of ether oxygens (including phenoxy) is 1. The number of amides is 1. The van der Waals surface area contributed by atoms with Crippen LogP contribution in [0.25, 0.3) is 17.2 Å². The molecule has 0 N–H and O–H groups in total. The molecule has 0 saturated heterocycles. The summed E-state index contributed by atoms with van der Waals surface area (Å²) >= 11 is 0. The van der Waals surface area contributed by atoms with Crippen LogP contribution in [0.1, 0.15) is 30.3 Å². The second kappa shape index (κ2) is 9.93. The number of aryl methyl sites for hydroxylation is 2. The molecule has 9 nitrogen and oxygen atoms in total. The van der Waals surface area contributed by atoms with Gasteiger partial charge in [0.2, 0.25) is 11.8 Å². The Balaban J connectivity index is 1.36. The summed E-state index contributed by atoms with van der Waals surface area (Å²) in [6.07, 6.45) is 5.17. The van der Waals surface area contributed by atoms with Crippen molar-refractivity contribution >= 4 is 17.3 Å². The van der Waals surface area contributed by atoms with E-state index in [0.29, 0.717) is 36.2 Å². The highest BCUT2D eigenvalue weighted by atomic mass is 16.5. The van der Waals surface area contributed by atoms with E-state index in [9.17, 15) is 4.79 Å². The molecule has 0 aliphatic carbocycles. The number of pyridine rings is 1. The summed E-state index contributed by atoms with van der Waals surface area (Å²) < 4.78 is 9.29. The average molecular weight is 506 g/mol. The fourth-order valence-electron chi connectivity index (χ4n) is 4.86. The zero-order valence-electron chi connectivity index (χ0n) is 21.2. The van der Waals surface area contributed by atoms with Crippen molar-refractivity contribution in [3.63, 3.8) is 0 Å². The molecule has 0 saturated carbocycles. The predicted molar refractivity (Wildman–Crippen MR) is 144 cm³/mol. The van der Waals surface area contributed by atoms with Gasteiger partial charge in [0.25, 0.3) is 0 Å². The molecule has 5 aromatic rings. The fourth-order valence-corrected chi connectivity index (χ4v) is 4.86. The van der Waals surface area contributed by atoms with Gasteiger partial charge in [0.1, 0.15) is 17.2 Å². The lowest BCUT2D eigenvalue weighted by molar-refractivity contribution is -0.120. The highest BCUT2D eigenvalue weighted by Gasteiger charge is 2.35. The molecule has 38 heavy (non-hydrogen) atoms. The second-order valence-corrected chi connectivity index (χ2v) is 9.20. The normalized spacial score (nSPS) is 14.6. The number of nitrogens with zero attached hydrogens (tertiary/aromatic N) is 7. The first-order valence-corrected chi connectivity index (χ1v) is 12.6. The Morgan fingerprint density at radius 3 is 2.32 bits per heavy atom. The first kappa shape index (κ1) is 23.6. The summed E-state index contributed by atoms with van der Waals surface area (Å²) in [6.45, 7) is 2.63. The van der Waals surface area contributed by atoms with Crippen molar-refractivity contribution in [3.05, 3.63) is 96.8 Å². The van der Waals surface area contributed by atoms with Crippen LogP contribution in [0.5, 0.6) is 5.88 Å². The number of carbonyl (C=O) groups excluding carboxylic acids is 1. The molecule has 1 atom stereocenters. The van der Waals surface area contributed by atoms with Gasteiger partial charge in [-0.3, -0.25) is 9.69 Å². The summed E-state index contributed by atoms with van der Waals surface area (Å²) in [5, 5.41) is 4.74. The Kier molecular flexibility index (Phi) is 6.17. The smallest absolute Gasteiger partial charge is 0.242 e. The molecule has 1 aliphatic rings. The summed E-state index contributed by atoms with van der Waals surface area (Å²) in [6, 6.07) is 23.2. The van der Waals surface area contributed by atoms with E-state index < -0.39 is 5.92 Å². The van der Waals surface area contributed by atoms with Crippen molar-refractivity contribution in [3.8, 4) is 23.1 Å². The molecule has 4 heterocycles. The first-order valence-electron chi connectivity index (χ1n) is 12.6. The molecule has 0 radical (unpaired) electrons. The van der Waals surface area contributed by atoms with Gasteiger partial charge in [0.05, 0.1) is 25.0 Å². The Hall–Kier alpha value is -4.79. The highest BCUT2D eigenvalue weighted by Crippen LogP contribution is 2.35. The van der Waals surface area contributed by atoms with Crippen LogP contribution in [0, 0.1) is 6.92 Å². The zero-order chi connectivity index (χ0) is 26.1. The minimum atomic E-state index is -0.430. The molecular formula is C29H27N7O2. The molecule has 0 fully saturated rings. The Bertz CT molecular complexity index is 1540. The molecule has 1 aliphatic heterocycles. The van der Waals surface area contributed by atoms with Gasteiger partial charge in [-0.15, -0.1) is 5.10 Å². The highest BCUT2D eigenvalue weighted by molar-refractivity contribution is 6.04. The fraction of sp³-hybridized carbons (Fsp3) is 0.207. The van der Waals surface area contributed by atoms with Gasteiger partial charge in [-0.25, -0.2) is 19.6 Å². The van der Waals surface area contributed by atoms with Crippen molar-refractivity contribution < 1.29 is 9.53 Å². The Labute approximate surface area is 220 Å². The SMILES string of the molecule is COc1nc(-c2nc3n(n2)CCCC3C(=O)N(c2ccccc2)c2ccccc2)ccc1-n1cnc(C)c1. The van der Waals surface area contributed by atoms with Gasteiger partial charge < -0.3 is 9.30 Å². The Morgan fingerprint density at radius 1 is 0.974 bits per heavy atom. The van der Waals surface area contributed by atoms with Crippen LogP contribution in [0.15, 0.2) is 85.3 Å². The summed E-state index contributed by atoms with van der Waals surface area (Å²) in [7, 11) is 1.58. The molecular weight excluding hydrogens is 478 g/mol. The van der Waals surface area contributed by atoms with Crippen LogP contribution >= 0.6 is 0 Å². The number of hydrogen-bond acceptors (Lipinski definition) is 6. The van der Waals surface area contributed by atoms with Gasteiger partial charge in [-0.2, -0.15) is 0 Å². The molecule has 0 spiro atoms. The third-order valence-electron chi connectivity index (χ3n) is 6.67. The summed E-state index contributed by atoms with van der Waals surface area (Å²) in [5.74, 6) is 1.11. The van der Waals surface area contributed by atoms with Crippen molar-refractivity contribution in [2.75, 3.05) is 12.0 Å².